The number of rotatable bonds is 3. The van der Waals surface area contributed by atoms with E-state index in [1.165, 1.54) is 0 Å². The number of benzene rings is 2. The first kappa shape index (κ1) is 12.7. The minimum absolute atomic E-state index is 0.146. The summed E-state index contributed by atoms with van der Waals surface area (Å²) in [6.07, 6.45) is 0. The van der Waals surface area contributed by atoms with Crippen LogP contribution in [0.3, 0.4) is 0 Å². The number of nitrogens with zero attached hydrogens (tertiary/aromatic N) is 2. The molecule has 0 aliphatic carbocycles. The number of H-pyrrole nitrogens is 1. The Kier molecular flexibility index (Phi) is 3.39. The summed E-state index contributed by atoms with van der Waals surface area (Å²) in [4.78, 5) is 15.1. The summed E-state index contributed by atoms with van der Waals surface area (Å²) in [6, 6.07) is 19.5. The van der Waals surface area contributed by atoms with Crippen LogP contribution in [0.4, 0.5) is 0 Å². The van der Waals surface area contributed by atoms with Crippen molar-refractivity contribution in [2.75, 3.05) is 0 Å². The van der Waals surface area contributed by atoms with Gasteiger partial charge in [0.1, 0.15) is 6.04 Å². The van der Waals surface area contributed by atoms with E-state index in [0.717, 1.165) is 11.1 Å². The van der Waals surface area contributed by atoms with E-state index in [2.05, 4.69) is 10.1 Å². The highest BCUT2D eigenvalue weighted by Crippen LogP contribution is 2.27. The van der Waals surface area contributed by atoms with Gasteiger partial charge >= 0.3 is 5.69 Å². The van der Waals surface area contributed by atoms with Gasteiger partial charge in [-0.2, -0.15) is 4.98 Å². The van der Waals surface area contributed by atoms with E-state index in [-0.39, 0.29) is 11.3 Å². The lowest BCUT2D eigenvalue weighted by atomic mass is 9.99. The van der Waals surface area contributed by atoms with Gasteiger partial charge in [0.2, 0.25) is 5.28 Å². The molecule has 3 aromatic rings. The van der Waals surface area contributed by atoms with Crippen LogP contribution in [0.25, 0.3) is 0 Å². The highest BCUT2D eigenvalue weighted by atomic mass is 35.5. The second-order valence-corrected chi connectivity index (χ2v) is 4.73. The van der Waals surface area contributed by atoms with Crippen molar-refractivity contribution in [3.05, 3.63) is 87.6 Å². The molecule has 5 heteroatoms. The first-order chi connectivity index (χ1) is 9.75. The zero-order valence-corrected chi connectivity index (χ0v) is 11.3. The fourth-order valence-electron chi connectivity index (χ4n) is 2.24. The Hall–Kier alpha value is -2.33. The molecule has 0 spiro atoms. The molecule has 0 atom stereocenters. The number of nitrogens with one attached hydrogen (secondary N) is 1. The van der Waals surface area contributed by atoms with Crippen molar-refractivity contribution in [3.63, 3.8) is 0 Å². The molecular weight excluding hydrogens is 274 g/mol. The van der Waals surface area contributed by atoms with E-state index in [1.54, 1.807) is 4.68 Å². The van der Waals surface area contributed by atoms with Crippen molar-refractivity contribution in [1.82, 2.24) is 14.8 Å². The molecule has 0 fully saturated rings. The normalized spacial score (nSPS) is 10.9. The standard InChI is InChI=1S/C15H12ClN3O/c16-14-17-15(20)18-19(14)13(11-7-3-1-4-8-11)12-9-5-2-6-10-12/h1-10,13H,(H,18,20). The Labute approximate surface area is 120 Å². The summed E-state index contributed by atoms with van der Waals surface area (Å²) in [6.45, 7) is 0. The van der Waals surface area contributed by atoms with Gasteiger partial charge in [0.25, 0.3) is 0 Å². The number of halogens is 1. The van der Waals surface area contributed by atoms with Crippen LogP contribution in [0, 0.1) is 0 Å². The average molecular weight is 286 g/mol. The molecule has 0 aliphatic heterocycles. The lowest BCUT2D eigenvalue weighted by molar-refractivity contribution is 0.590. The van der Waals surface area contributed by atoms with Gasteiger partial charge in [-0.05, 0) is 22.7 Å². The highest BCUT2D eigenvalue weighted by Gasteiger charge is 2.19. The van der Waals surface area contributed by atoms with Crippen molar-refractivity contribution < 1.29 is 0 Å². The summed E-state index contributed by atoms with van der Waals surface area (Å²) < 4.78 is 1.58. The van der Waals surface area contributed by atoms with E-state index in [9.17, 15) is 4.79 Å². The molecule has 1 aromatic heterocycles. The molecular formula is C15H12ClN3O. The molecule has 3 rings (SSSR count). The molecule has 20 heavy (non-hydrogen) atoms. The first-order valence-corrected chi connectivity index (χ1v) is 6.57. The van der Waals surface area contributed by atoms with Gasteiger partial charge in [0.15, 0.2) is 0 Å². The summed E-state index contributed by atoms with van der Waals surface area (Å²) in [5.41, 5.74) is 1.59. The minimum atomic E-state index is -0.452. The third kappa shape index (κ3) is 2.38. The average Bonchev–Trinajstić information content (AvgIpc) is 2.80. The largest absolute Gasteiger partial charge is 0.362 e. The maximum absolute atomic E-state index is 11.4. The Morgan fingerprint density at radius 2 is 1.45 bits per heavy atom. The van der Waals surface area contributed by atoms with Crippen molar-refractivity contribution in [2.24, 2.45) is 0 Å². The molecule has 0 unspecified atom stereocenters. The molecule has 100 valence electrons. The van der Waals surface area contributed by atoms with Crippen LogP contribution in [0.2, 0.25) is 5.28 Å². The number of hydrogen-bond donors (Lipinski definition) is 1. The number of hydrogen-bond acceptors (Lipinski definition) is 2. The molecule has 0 aliphatic rings. The van der Waals surface area contributed by atoms with Crippen LogP contribution >= 0.6 is 11.6 Å². The van der Waals surface area contributed by atoms with Crippen LogP contribution in [0.15, 0.2) is 65.5 Å². The van der Waals surface area contributed by atoms with Gasteiger partial charge in [-0.15, -0.1) is 0 Å². The van der Waals surface area contributed by atoms with Crippen LogP contribution in [0.5, 0.6) is 0 Å². The zero-order valence-electron chi connectivity index (χ0n) is 10.5. The van der Waals surface area contributed by atoms with Crippen LogP contribution in [-0.2, 0) is 0 Å². The second kappa shape index (κ2) is 5.35. The van der Waals surface area contributed by atoms with E-state index < -0.39 is 5.69 Å². The third-order valence-electron chi connectivity index (χ3n) is 3.10. The van der Waals surface area contributed by atoms with Gasteiger partial charge in [0.05, 0.1) is 0 Å². The molecule has 0 saturated carbocycles. The number of aromatic nitrogens is 3. The van der Waals surface area contributed by atoms with E-state index in [4.69, 9.17) is 11.6 Å². The minimum Gasteiger partial charge on any atom is -0.245 e. The zero-order chi connectivity index (χ0) is 13.9. The predicted molar refractivity (Wildman–Crippen MR) is 78.0 cm³/mol. The topological polar surface area (TPSA) is 50.7 Å². The third-order valence-corrected chi connectivity index (χ3v) is 3.36. The fraction of sp³-hybridized carbons (Fsp3) is 0.0667. The SMILES string of the molecule is O=c1nc(Cl)n(C(c2ccccc2)c2ccccc2)[nH]1. The molecule has 1 N–H and O–H groups in total. The van der Waals surface area contributed by atoms with E-state index >= 15 is 0 Å². The Bertz CT molecular complexity index is 710. The molecule has 0 saturated heterocycles. The van der Waals surface area contributed by atoms with Gasteiger partial charge in [-0.1, -0.05) is 60.7 Å². The summed E-state index contributed by atoms with van der Waals surface area (Å²) in [7, 11) is 0. The monoisotopic (exact) mass is 285 g/mol. The van der Waals surface area contributed by atoms with Crippen LogP contribution in [-0.4, -0.2) is 14.8 Å². The molecule has 4 nitrogen and oxygen atoms in total. The summed E-state index contributed by atoms with van der Waals surface area (Å²) in [5.74, 6) is 0. The maximum atomic E-state index is 11.4. The molecule has 0 amide bonds. The van der Waals surface area contributed by atoms with Crippen molar-refractivity contribution in [1.29, 1.82) is 0 Å². The van der Waals surface area contributed by atoms with Gasteiger partial charge in [0, 0.05) is 0 Å². The van der Waals surface area contributed by atoms with Crippen molar-refractivity contribution in [2.45, 2.75) is 6.04 Å². The van der Waals surface area contributed by atoms with Crippen LogP contribution in [0.1, 0.15) is 17.2 Å². The Balaban J connectivity index is 2.19. The molecule has 1 heterocycles. The second-order valence-electron chi connectivity index (χ2n) is 4.39. The van der Waals surface area contributed by atoms with Crippen molar-refractivity contribution in [3.8, 4) is 0 Å². The maximum Gasteiger partial charge on any atom is 0.362 e. The van der Waals surface area contributed by atoms with E-state index in [1.807, 2.05) is 60.7 Å². The number of aromatic amines is 1. The predicted octanol–water partition coefficient (Wildman–Crippen LogP) is 2.86. The molecule has 0 bridgehead atoms. The fourth-order valence-corrected chi connectivity index (χ4v) is 2.46. The first-order valence-electron chi connectivity index (χ1n) is 6.19. The van der Waals surface area contributed by atoms with Gasteiger partial charge in [-0.3, -0.25) is 0 Å². The van der Waals surface area contributed by atoms with Gasteiger partial charge < -0.3 is 0 Å². The quantitative estimate of drug-likeness (QED) is 0.804. The Morgan fingerprint density at radius 1 is 0.950 bits per heavy atom. The Morgan fingerprint density at radius 3 is 1.85 bits per heavy atom. The summed E-state index contributed by atoms with van der Waals surface area (Å²) >= 11 is 6.06. The molecule has 0 radical (unpaired) electrons. The van der Waals surface area contributed by atoms with Crippen molar-refractivity contribution >= 4 is 11.6 Å². The molecule has 2 aromatic carbocycles. The smallest absolute Gasteiger partial charge is 0.245 e. The lowest BCUT2D eigenvalue weighted by Gasteiger charge is -2.19. The van der Waals surface area contributed by atoms with E-state index in [0.29, 0.717) is 0 Å². The van der Waals surface area contributed by atoms with Gasteiger partial charge in [-0.25, -0.2) is 14.6 Å². The lowest BCUT2D eigenvalue weighted by Crippen LogP contribution is -2.16. The highest BCUT2D eigenvalue weighted by molar-refractivity contribution is 6.28. The summed E-state index contributed by atoms with van der Waals surface area (Å²) in [5, 5.41) is 2.81. The van der Waals surface area contributed by atoms with Crippen LogP contribution < -0.4 is 5.69 Å².